The van der Waals surface area contributed by atoms with Gasteiger partial charge < -0.3 is 4.98 Å². The molecule has 4 heterocycles. The predicted octanol–water partition coefficient (Wildman–Crippen LogP) is 5.92. The van der Waals surface area contributed by atoms with Crippen LogP contribution in [0.25, 0.3) is 55.4 Å². The maximum Gasteiger partial charge on any atom is 0.159 e. The van der Waals surface area contributed by atoms with Crippen LogP contribution >= 0.6 is 0 Å². The molecule has 7 rings (SSSR count). The van der Waals surface area contributed by atoms with Gasteiger partial charge in [0.2, 0.25) is 0 Å². The van der Waals surface area contributed by atoms with Gasteiger partial charge in [0.15, 0.2) is 5.82 Å². The van der Waals surface area contributed by atoms with Crippen molar-refractivity contribution in [2.75, 3.05) is 13.1 Å². The topological polar surface area (TPSA) is 73.5 Å². The molecule has 1 saturated heterocycles. The SMILES string of the molecule is c1ccc2c(-c3ccc4[nH]nc(-c5nc6c(CN7CCCC7)cccc6[nH]5)c4c3)cncc2c1. The molecule has 0 amide bonds. The van der Waals surface area contributed by atoms with Gasteiger partial charge in [-0.05, 0) is 60.6 Å². The molecule has 6 heteroatoms. The number of hydrogen-bond acceptors (Lipinski definition) is 4. The van der Waals surface area contributed by atoms with Crippen molar-refractivity contribution in [3.8, 4) is 22.6 Å². The van der Waals surface area contributed by atoms with Gasteiger partial charge in [-0.15, -0.1) is 0 Å². The summed E-state index contributed by atoms with van der Waals surface area (Å²) in [7, 11) is 0. The summed E-state index contributed by atoms with van der Waals surface area (Å²) in [5.41, 5.74) is 7.42. The molecule has 34 heavy (non-hydrogen) atoms. The van der Waals surface area contributed by atoms with E-state index in [1.165, 1.54) is 36.9 Å². The fourth-order valence-electron chi connectivity index (χ4n) is 5.22. The van der Waals surface area contributed by atoms with Crippen molar-refractivity contribution >= 4 is 32.7 Å². The molecule has 3 aromatic heterocycles. The Morgan fingerprint density at radius 2 is 1.76 bits per heavy atom. The average molecular weight is 445 g/mol. The van der Waals surface area contributed by atoms with E-state index in [4.69, 9.17) is 4.98 Å². The quantitative estimate of drug-likeness (QED) is 0.354. The number of para-hydroxylation sites is 1. The number of pyridine rings is 1. The van der Waals surface area contributed by atoms with E-state index < -0.39 is 0 Å². The molecule has 0 atom stereocenters. The fourth-order valence-corrected chi connectivity index (χ4v) is 5.22. The van der Waals surface area contributed by atoms with Crippen molar-refractivity contribution in [3.05, 3.63) is 78.6 Å². The van der Waals surface area contributed by atoms with Crippen LogP contribution in [0.5, 0.6) is 0 Å². The molecule has 6 nitrogen and oxygen atoms in total. The number of nitrogens with zero attached hydrogens (tertiary/aromatic N) is 4. The molecular weight excluding hydrogens is 420 g/mol. The standard InChI is InChI=1S/C28H24N6/c1-2-8-21-19(6-1)15-29-16-23(21)18-10-11-24-22(14-18)27(33-32-24)28-30-25-9-5-7-20(26(25)31-28)17-34-12-3-4-13-34/h1-2,5-11,14-16H,3-4,12-13,17H2,(H,30,31)(H,32,33). The van der Waals surface area contributed by atoms with Gasteiger partial charge in [-0.3, -0.25) is 15.0 Å². The molecule has 3 aromatic carbocycles. The molecule has 2 N–H and O–H groups in total. The van der Waals surface area contributed by atoms with Crippen LogP contribution in [0.15, 0.2) is 73.1 Å². The van der Waals surface area contributed by atoms with Gasteiger partial charge >= 0.3 is 0 Å². The van der Waals surface area contributed by atoms with Crippen LogP contribution in [0, 0.1) is 0 Å². The highest BCUT2D eigenvalue weighted by atomic mass is 15.1. The zero-order chi connectivity index (χ0) is 22.5. The maximum absolute atomic E-state index is 5.02. The predicted molar refractivity (Wildman–Crippen MR) is 136 cm³/mol. The third kappa shape index (κ3) is 3.18. The smallest absolute Gasteiger partial charge is 0.159 e. The van der Waals surface area contributed by atoms with Gasteiger partial charge in [0.25, 0.3) is 0 Å². The van der Waals surface area contributed by atoms with Crippen LogP contribution < -0.4 is 0 Å². The van der Waals surface area contributed by atoms with Crippen molar-refractivity contribution in [1.29, 1.82) is 0 Å². The van der Waals surface area contributed by atoms with E-state index in [2.05, 4.69) is 79.7 Å². The highest BCUT2D eigenvalue weighted by Crippen LogP contribution is 2.33. The molecule has 0 radical (unpaired) electrons. The number of fused-ring (bicyclic) bond motifs is 3. The van der Waals surface area contributed by atoms with E-state index in [0.29, 0.717) is 0 Å². The van der Waals surface area contributed by atoms with E-state index >= 15 is 0 Å². The molecule has 0 bridgehead atoms. The second kappa shape index (κ2) is 7.78. The van der Waals surface area contributed by atoms with Gasteiger partial charge in [0.05, 0.1) is 16.6 Å². The van der Waals surface area contributed by atoms with E-state index in [1.54, 1.807) is 0 Å². The molecule has 0 aliphatic carbocycles. The number of rotatable bonds is 4. The molecule has 166 valence electrons. The molecule has 1 aliphatic rings. The Labute approximate surface area is 196 Å². The van der Waals surface area contributed by atoms with Crippen LogP contribution in [0.2, 0.25) is 0 Å². The van der Waals surface area contributed by atoms with Crippen LogP contribution in [-0.2, 0) is 6.54 Å². The summed E-state index contributed by atoms with van der Waals surface area (Å²) >= 11 is 0. The van der Waals surface area contributed by atoms with Crippen LogP contribution in [0.4, 0.5) is 0 Å². The van der Waals surface area contributed by atoms with Crippen LogP contribution in [0.1, 0.15) is 18.4 Å². The Balaban J connectivity index is 1.34. The number of nitrogens with one attached hydrogen (secondary N) is 2. The summed E-state index contributed by atoms with van der Waals surface area (Å²) in [6, 6.07) is 21.2. The minimum absolute atomic E-state index is 0.795. The Bertz CT molecular complexity index is 1650. The lowest BCUT2D eigenvalue weighted by molar-refractivity contribution is 0.332. The minimum atomic E-state index is 0.795. The summed E-state index contributed by atoms with van der Waals surface area (Å²) in [6.07, 6.45) is 6.43. The third-order valence-electron chi connectivity index (χ3n) is 6.96. The first kappa shape index (κ1) is 19.4. The normalized spacial score (nSPS) is 14.6. The van der Waals surface area contributed by atoms with Gasteiger partial charge in [0, 0.05) is 35.3 Å². The van der Waals surface area contributed by atoms with Crippen LogP contribution in [-0.4, -0.2) is 43.1 Å². The van der Waals surface area contributed by atoms with Gasteiger partial charge in [-0.25, -0.2) is 4.98 Å². The lowest BCUT2D eigenvalue weighted by Gasteiger charge is -2.14. The van der Waals surface area contributed by atoms with Crippen molar-refractivity contribution in [2.24, 2.45) is 0 Å². The molecule has 0 unspecified atom stereocenters. The second-order valence-corrected chi connectivity index (χ2v) is 9.12. The van der Waals surface area contributed by atoms with Gasteiger partial charge in [0.1, 0.15) is 5.69 Å². The summed E-state index contributed by atoms with van der Waals surface area (Å²) < 4.78 is 0. The lowest BCUT2D eigenvalue weighted by Crippen LogP contribution is -2.18. The van der Waals surface area contributed by atoms with Gasteiger partial charge in [-0.1, -0.05) is 42.5 Å². The number of H-pyrrole nitrogens is 2. The molecule has 1 aliphatic heterocycles. The molecule has 0 spiro atoms. The molecular formula is C28H24N6. The summed E-state index contributed by atoms with van der Waals surface area (Å²) in [4.78, 5) is 15.5. The lowest BCUT2D eigenvalue weighted by atomic mass is 9.99. The van der Waals surface area contributed by atoms with E-state index in [0.717, 1.165) is 56.5 Å². The molecule has 0 saturated carbocycles. The van der Waals surface area contributed by atoms with Crippen LogP contribution in [0.3, 0.4) is 0 Å². The summed E-state index contributed by atoms with van der Waals surface area (Å²) in [6.45, 7) is 3.29. The first-order valence-corrected chi connectivity index (χ1v) is 11.8. The minimum Gasteiger partial charge on any atom is -0.337 e. The fraction of sp³-hybridized carbons (Fsp3) is 0.179. The Morgan fingerprint density at radius 1 is 0.853 bits per heavy atom. The highest BCUT2D eigenvalue weighted by molar-refractivity contribution is 6.00. The highest BCUT2D eigenvalue weighted by Gasteiger charge is 2.18. The summed E-state index contributed by atoms with van der Waals surface area (Å²) in [5, 5.41) is 11.2. The van der Waals surface area contributed by atoms with E-state index in [9.17, 15) is 0 Å². The first-order valence-electron chi connectivity index (χ1n) is 11.8. The second-order valence-electron chi connectivity index (χ2n) is 9.12. The Kier molecular flexibility index (Phi) is 4.45. The summed E-state index contributed by atoms with van der Waals surface area (Å²) in [5.74, 6) is 0.795. The number of likely N-dealkylation sites (tertiary alicyclic amines) is 1. The third-order valence-corrected chi connectivity index (χ3v) is 6.96. The number of imidazole rings is 1. The molecule has 6 aromatic rings. The van der Waals surface area contributed by atoms with E-state index in [-0.39, 0.29) is 0 Å². The Hall–Kier alpha value is -4.03. The van der Waals surface area contributed by atoms with Gasteiger partial charge in [-0.2, -0.15) is 5.10 Å². The monoisotopic (exact) mass is 444 g/mol. The average Bonchev–Trinajstić information content (AvgIpc) is 3.63. The molecule has 1 fully saturated rings. The zero-order valence-electron chi connectivity index (χ0n) is 18.8. The maximum atomic E-state index is 5.02. The first-order chi connectivity index (χ1) is 16.8. The Morgan fingerprint density at radius 3 is 2.71 bits per heavy atom. The number of hydrogen-bond donors (Lipinski definition) is 2. The van der Waals surface area contributed by atoms with Crippen molar-refractivity contribution in [1.82, 2.24) is 30.0 Å². The van der Waals surface area contributed by atoms with Crippen molar-refractivity contribution in [2.45, 2.75) is 19.4 Å². The van der Waals surface area contributed by atoms with E-state index in [1.807, 2.05) is 18.5 Å². The number of benzene rings is 3. The largest absolute Gasteiger partial charge is 0.337 e. The number of aromatic nitrogens is 5. The zero-order valence-corrected chi connectivity index (χ0v) is 18.8. The number of aromatic amines is 2. The van der Waals surface area contributed by atoms with Crippen molar-refractivity contribution < 1.29 is 0 Å². The van der Waals surface area contributed by atoms with Crippen molar-refractivity contribution in [3.63, 3.8) is 0 Å².